The molecule has 0 atom stereocenters. The Labute approximate surface area is 69.8 Å². The zero-order chi connectivity index (χ0) is 9.14. The highest BCUT2D eigenvalue weighted by Gasteiger charge is 2.14. The molecule has 1 aliphatic rings. The molecular formula is C8H9NO3. The van der Waals surface area contributed by atoms with Crippen LogP contribution in [0.1, 0.15) is 0 Å². The maximum absolute atomic E-state index is 10.8. The molecular weight excluding hydrogens is 158 g/mol. The molecule has 0 amide bonds. The zero-order valence-electron chi connectivity index (χ0n) is 6.65. The number of aliphatic hydroxyl groups excluding tert-OH is 1. The third-order valence-corrected chi connectivity index (χ3v) is 1.58. The largest absolute Gasteiger partial charge is 0.376 e. The van der Waals surface area contributed by atoms with Crippen molar-refractivity contribution in [2.45, 2.75) is 0 Å². The number of hydrogen-bond donors (Lipinski definition) is 1. The number of aliphatic hydroxyl groups is 1. The molecule has 1 aliphatic carbocycles. The average molecular weight is 167 g/mol. The summed E-state index contributed by atoms with van der Waals surface area (Å²) in [7, 11) is 1.62. The number of ketones is 2. The second-order valence-corrected chi connectivity index (χ2v) is 2.47. The summed E-state index contributed by atoms with van der Waals surface area (Å²) in [5.41, 5.74) is 0.544. The highest BCUT2D eigenvalue weighted by atomic mass is 16.3. The Morgan fingerprint density at radius 3 is 2.50 bits per heavy atom. The van der Waals surface area contributed by atoms with Crippen LogP contribution in [0.4, 0.5) is 0 Å². The lowest BCUT2D eigenvalue weighted by Gasteiger charge is -2.17. The van der Waals surface area contributed by atoms with Gasteiger partial charge in [0.1, 0.15) is 6.73 Å². The van der Waals surface area contributed by atoms with Crippen LogP contribution >= 0.6 is 0 Å². The molecule has 0 radical (unpaired) electrons. The minimum atomic E-state index is -0.548. The van der Waals surface area contributed by atoms with Gasteiger partial charge in [-0.15, -0.1) is 0 Å². The van der Waals surface area contributed by atoms with Crippen molar-refractivity contribution < 1.29 is 14.7 Å². The molecule has 4 heteroatoms. The molecule has 12 heavy (non-hydrogen) atoms. The molecule has 0 aromatic rings. The van der Waals surface area contributed by atoms with Gasteiger partial charge in [0.05, 0.1) is 0 Å². The van der Waals surface area contributed by atoms with Gasteiger partial charge in [-0.25, -0.2) is 0 Å². The maximum atomic E-state index is 10.8. The van der Waals surface area contributed by atoms with Crippen LogP contribution in [-0.2, 0) is 9.59 Å². The van der Waals surface area contributed by atoms with Gasteiger partial charge >= 0.3 is 0 Å². The summed E-state index contributed by atoms with van der Waals surface area (Å²) < 4.78 is 0. The van der Waals surface area contributed by atoms with Crippen molar-refractivity contribution in [3.8, 4) is 0 Å². The standard InChI is InChI=1S/C8H9NO3/c1-9(5-10)6-2-3-7(11)8(12)4-6/h2-4,10H,5H2,1H3. The van der Waals surface area contributed by atoms with Crippen molar-refractivity contribution in [2.75, 3.05) is 13.8 Å². The third-order valence-electron chi connectivity index (χ3n) is 1.58. The zero-order valence-corrected chi connectivity index (χ0v) is 6.65. The first-order valence-corrected chi connectivity index (χ1v) is 3.45. The third kappa shape index (κ3) is 1.60. The van der Waals surface area contributed by atoms with Crippen LogP contribution in [0.15, 0.2) is 23.9 Å². The smallest absolute Gasteiger partial charge is 0.227 e. The Hall–Kier alpha value is -1.42. The number of hydrogen-bond acceptors (Lipinski definition) is 4. The van der Waals surface area contributed by atoms with Crippen molar-refractivity contribution in [3.05, 3.63) is 23.9 Å². The number of carbonyl (C=O) groups is 2. The van der Waals surface area contributed by atoms with Gasteiger partial charge in [-0.05, 0) is 12.2 Å². The molecule has 1 rings (SSSR count). The van der Waals surface area contributed by atoms with Crippen LogP contribution in [0.2, 0.25) is 0 Å². The fraction of sp³-hybridized carbons (Fsp3) is 0.250. The predicted octanol–water partition coefficient (Wildman–Crippen LogP) is -0.540. The molecule has 0 unspecified atom stereocenters. The highest BCUT2D eigenvalue weighted by molar-refractivity contribution is 6.46. The lowest BCUT2D eigenvalue weighted by molar-refractivity contribution is -0.131. The quantitative estimate of drug-likeness (QED) is 0.341. The lowest BCUT2D eigenvalue weighted by Crippen LogP contribution is -2.22. The SMILES string of the molecule is CN(CO)C1=CC(=O)C(=O)C=C1. The Balaban J connectivity index is 2.83. The number of nitrogens with zero attached hydrogens (tertiary/aromatic N) is 1. The molecule has 0 bridgehead atoms. The van der Waals surface area contributed by atoms with Crippen molar-refractivity contribution in [1.29, 1.82) is 0 Å². The van der Waals surface area contributed by atoms with Crippen LogP contribution < -0.4 is 0 Å². The first-order chi connectivity index (χ1) is 5.65. The van der Waals surface area contributed by atoms with E-state index in [2.05, 4.69) is 0 Å². The number of rotatable bonds is 2. The molecule has 0 aromatic heterocycles. The summed E-state index contributed by atoms with van der Waals surface area (Å²) in [5.74, 6) is -1.07. The van der Waals surface area contributed by atoms with E-state index in [0.717, 1.165) is 0 Å². The second kappa shape index (κ2) is 3.32. The summed E-state index contributed by atoms with van der Waals surface area (Å²) in [6.07, 6.45) is 3.91. The van der Waals surface area contributed by atoms with Gasteiger partial charge in [0, 0.05) is 18.8 Å². The maximum Gasteiger partial charge on any atom is 0.227 e. The van der Waals surface area contributed by atoms with E-state index in [9.17, 15) is 9.59 Å². The topological polar surface area (TPSA) is 57.6 Å². The summed E-state index contributed by atoms with van der Waals surface area (Å²) in [6.45, 7) is -0.183. The molecule has 64 valence electrons. The Morgan fingerprint density at radius 1 is 1.33 bits per heavy atom. The van der Waals surface area contributed by atoms with E-state index >= 15 is 0 Å². The van der Waals surface area contributed by atoms with E-state index < -0.39 is 11.6 Å². The van der Waals surface area contributed by atoms with Gasteiger partial charge in [-0.1, -0.05) is 0 Å². The van der Waals surface area contributed by atoms with E-state index in [1.165, 1.54) is 23.1 Å². The van der Waals surface area contributed by atoms with E-state index in [-0.39, 0.29) is 6.73 Å². The Morgan fingerprint density at radius 2 is 2.00 bits per heavy atom. The van der Waals surface area contributed by atoms with Crippen LogP contribution in [0.25, 0.3) is 0 Å². The molecule has 0 aliphatic heterocycles. The van der Waals surface area contributed by atoms with Gasteiger partial charge in [0.15, 0.2) is 0 Å². The molecule has 0 saturated heterocycles. The molecule has 0 aromatic carbocycles. The summed E-state index contributed by atoms with van der Waals surface area (Å²) in [5, 5.41) is 8.69. The fourth-order valence-electron chi connectivity index (χ4n) is 0.816. The summed E-state index contributed by atoms with van der Waals surface area (Å²) >= 11 is 0. The van der Waals surface area contributed by atoms with Crippen molar-refractivity contribution >= 4 is 11.6 Å². The highest BCUT2D eigenvalue weighted by Crippen LogP contribution is 2.07. The van der Waals surface area contributed by atoms with Gasteiger partial charge in [0.2, 0.25) is 11.6 Å². The van der Waals surface area contributed by atoms with Crippen molar-refractivity contribution in [1.82, 2.24) is 4.90 Å². The van der Waals surface area contributed by atoms with Crippen molar-refractivity contribution in [3.63, 3.8) is 0 Å². The van der Waals surface area contributed by atoms with E-state index in [0.29, 0.717) is 5.70 Å². The van der Waals surface area contributed by atoms with E-state index in [4.69, 9.17) is 5.11 Å². The molecule has 0 saturated carbocycles. The average Bonchev–Trinajstić information content (AvgIpc) is 2.08. The number of allylic oxidation sites excluding steroid dienone is 3. The van der Waals surface area contributed by atoms with E-state index in [1.807, 2.05) is 0 Å². The molecule has 0 heterocycles. The molecule has 0 fully saturated rings. The van der Waals surface area contributed by atoms with Crippen LogP contribution in [-0.4, -0.2) is 35.4 Å². The van der Waals surface area contributed by atoms with Gasteiger partial charge in [-0.3, -0.25) is 9.59 Å². The Kier molecular flexibility index (Phi) is 2.40. The minimum absolute atomic E-state index is 0.183. The van der Waals surface area contributed by atoms with E-state index in [1.54, 1.807) is 7.05 Å². The predicted molar refractivity (Wildman–Crippen MR) is 42.1 cm³/mol. The first-order valence-electron chi connectivity index (χ1n) is 3.45. The number of likely N-dealkylation sites (N-methyl/N-ethyl adjacent to an activating group) is 1. The van der Waals surface area contributed by atoms with Gasteiger partial charge < -0.3 is 10.0 Å². The molecule has 0 spiro atoms. The fourth-order valence-corrected chi connectivity index (χ4v) is 0.816. The molecule has 4 nitrogen and oxygen atoms in total. The molecule has 1 N–H and O–H groups in total. The normalized spacial score (nSPS) is 16.3. The summed E-state index contributed by atoms with van der Waals surface area (Å²) in [6, 6.07) is 0. The van der Waals surface area contributed by atoms with Crippen LogP contribution in [0.3, 0.4) is 0 Å². The monoisotopic (exact) mass is 167 g/mol. The minimum Gasteiger partial charge on any atom is -0.376 e. The lowest BCUT2D eigenvalue weighted by atomic mass is 10.1. The van der Waals surface area contributed by atoms with Gasteiger partial charge in [0.25, 0.3) is 0 Å². The van der Waals surface area contributed by atoms with Crippen LogP contribution in [0.5, 0.6) is 0 Å². The number of carbonyl (C=O) groups excluding carboxylic acids is 2. The first kappa shape index (κ1) is 8.67. The second-order valence-electron chi connectivity index (χ2n) is 2.47. The summed E-state index contributed by atoms with van der Waals surface area (Å²) in [4.78, 5) is 23.0. The van der Waals surface area contributed by atoms with Crippen LogP contribution in [0, 0.1) is 0 Å². The van der Waals surface area contributed by atoms with Gasteiger partial charge in [-0.2, -0.15) is 0 Å². The van der Waals surface area contributed by atoms with Crippen molar-refractivity contribution in [2.24, 2.45) is 0 Å². The Bertz CT molecular complexity index is 278.